The van der Waals surface area contributed by atoms with E-state index in [4.69, 9.17) is 0 Å². The third-order valence-electron chi connectivity index (χ3n) is 3.49. The number of hydrogen-bond acceptors (Lipinski definition) is 2. The number of fused-ring (bicyclic) bond motifs is 1. The van der Waals surface area contributed by atoms with Crippen molar-refractivity contribution in [2.24, 2.45) is 7.05 Å². The number of aryl methyl sites for hydroxylation is 2. The summed E-state index contributed by atoms with van der Waals surface area (Å²) in [6.07, 6.45) is 5.02. The normalized spacial score (nSPS) is 10.8. The fourth-order valence-corrected chi connectivity index (χ4v) is 2.46. The predicted octanol–water partition coefficient (Wildman–Crippen LogP) is 3.39. The number of Topliss-reactive ketones (excluding diaryl/α,β-unsaturated/α-hetero) is 1. The van der Waals surface area contributed by atoms with Crippen LogP contribution in [-0.4, -0.2) is 15.6 Å². The van der Waals surface area contributed by atoms with Gasteiger partial charge in [0.25, 0.3) is 0 Å². The van der Waals surface area contributed by atoms with E-state index in [9.17, 15) is 4.79 Å². The molecule has 0 aliphatic heterocycles. The average Bonchev–Trinajstić information content (AvgIpc) is 2.90. The third-order valence-corrected chi connectivity index (χ3v) is 3.49. The Labute approximate surface area is 117 Å². The van der Waals surface area contributed by atoms with Gasteiger partial charge in [0.2, 0.25) is 0 Å². The zero-order valence-electron chi connectivity index (χ0n) is 11.4. The number of aromatic nitrogens is 2. The number of carbonyl (C=O) groups excluding carboxylic acids is 1. The zero-order chi connectivity index (χ0) is 13.9. The predicted molar refractivity (Wildman–Crippen MR) is 79.8 cm³/mol. The van der Waals surface area contributed by atoms with Crippen molar-refractivity contribution in [3.05, 3.63) is 66.0 Å². The van der Waals surface area contributed by atoms with Crippen LogP contribution >= 0.6 is 0 Å². The summed E-state index contributed by atoms with van der Waals surface area (Å²) in [4.78, 5) is 12.4. The van der Waals surface area contributed by atoms with E-state index >= 15 is 0 Å². The van der Waals surface area contributed by atoms with Gasteiger partial charge in [0, 0.05) is 25.2 Å². The van der Waals surface area contributed by atoms with Crippen LogP contribution in [-0.2, 0) is 13.5 Å². The second-order valence-electron chi connectivity index (χ2n) is 4.97. The highest BCUT2D eigenvalue weighted by Crippen LogP contribution is 2.20. The lowest BCUT2D eigenvalue weighted by molar-refractivity contribution is 0.0984. The maximum absolute atomic E-state index is 12.4. The molecule has 0 fully saturated rings. The molecule has 2 aromatic carbocycles. The maximum Gasteiger partial charge on any atom is 0.163 e. The molecule has 0 amide bonds. The first kappa shape index (κ1) is 12.6. The first-order chi connectivity index (χ1) is 9.74. The van der Waals surface area contributed by atoms with Gasteiger partial charge >= 0.3 is 0 Å². The summed E-state index contributed by atoms with van der Waals surface area (Å²) in [5.41, 5.74) is 1.91. The van der Waals surface area contributed by atoms with Gasteiger partial charge in [0.05, 0.1) is 6.20 Å². The molecule has 0 aliphatic carbocycles. The summed E-state index contributed by atoms with van der Waals surface area (Å²) in [5.74, 6) is 0.186. The van der Waals surface area contributed by atoms with Crippen molar-refractivity contribution in [3.63, 3.8) is 0 Å². The van der Waals surface area contributed by atoms with Crippen molar-refractivity contribution < 1.29 is 4.79 Å². The fourth-order valence-electron chi connectivity index (χ4n) is 2.46. The molecular weight excluding hydrogens is 248 g/mol. The lowest BCUT2D eigenvalue weighted by atomic mass is 9.98. The molecule has 0 N–H and O–H groups in total. The van der Waals surface area contributed by atoms with Gasteiger partial charge in [-0.2, -0.15) is 5.10 Å². The van der Waals surface area contributed by atoms with E-state index in [-0.39, 0.29) is 5.78 Å². The van der Waals surface area contributed by atoms with Gasteiger partial charge in [-0.3, -0.25) is 9.48 Å². The molecule has 3 rings (SSSR count). The molecule has 1 aromatic heterocycles. The van der Waals surface area contributed by atoms with Crippen LogP contribution in [0.1, 0.15) is 22.3 Å². The van der Waals surface area contributed by atoms with E-state index < -0.39 is 0 Å². The number of benzene rings is 2. The van der Waals surface area contributed by atoms with Crippen LogP contribution in [0.15, 0.2) is 54.9 Å². The lowest BCUT2D eigenvalue weighted by Gasteiger charge is -2.05. The highest BCUT2D eigenvalue weighted by Gasteiger charge is 2.10. The molecule has 20 heavy (non-hydrogen) atoms. The first-order valence-electron chi connectivity index (χ1n) is 6.72. The SMILES string of the molecule is Cn1cc(CCC(=O)c2cccc3ccccc23)cn1. The molecule has 0 saturated heterocycles. The number of rotatable bonds is 4. The number of nitrogens with zero attached hydrogens (tertiary/aromatic N) is 2. The van der Waals surface area contributed by atoms with E-state index in [1.54, 1.807) is 4.68 Å². The molecule has 0 saturated carbocycles. The smallest absolute Gasteiger partial charge is 0.163 e. The molecule has 0 spiro atoms. The second kappa shape index (κ2) is 5.29. The van der Waals surface area contributed by atoms with E-state index in [0.29, 0.717) is 6.42 Å². The molecule has 3 aromatic rings. The summed E-state index contributed by atoms with van der Waals surface area (Å²) in [5, 5.41) is 6.27. The Balaban J connectivity index is 1.82. The van der Waals surface area contributed by atoms with Gasteiger partial charge in [0.15, 0.2) is 5.78 Å². The standard InChI is InChI=1S/C17H16N2O/c1-19-12-13(11-18-19)9-10-17(20)16-8-4-6-14-5-2-3-7-15(14)16/h2-8,11-12H,9-10H2,1H3. The topological polar surface area (TPSA) is 34.9 Å². The van der Waals surface area contributed by atoms with Gasteiger partial charge < -0.3 is 0 Å². The Kier molecular flexibility index (Phi) is 3.33. The van der Waals surface area contributed by atoms with Crippen LogP contribution in [0.5, 0.6) is 0 Å². The molecule has 3 heteroatoms. The van der Waals surface area contributed by atoms with Crippen molar-refractivity contribution in [3.8, 4) is 0 Å². The van der Waals surface area contributed by atoms with Crippen LogP contribution < -0.4 is 0 Å². The van der Waals surface area contributed by atoms with Crippen molar-refractivity contribution in [1.29, 1.82) is 0 Å². The molecule has 100 valence electrons. The molecule has 0 unspecified atom stereocenters. The molecule has 0 aliphatic rings. The van der Waals surface area contributed by atoms with E-state index in [0.717, 1.165) is 28.3 Å². The maximum atomic E-state index is 12.4. The summed E-state index contributed by atoms with van der Waals surface area (Å²) in [6, 6.07) is 13.9. The number of ketones is 1. The fraction of sp³-hybridized carbons (Fsp3) is 0.176. The van der Waals surface area contributed by atoms with Crippen molar-refractivity contribution in [1.82, 2.24) is 9.78 Å². The molecule has 0 bridgehead atoms. The van der Waals surface area contributed by atoms with E-state index in [1.807, 2.05) is 61.9 Å². The van der Waals surface area contributed by atoms with Gasteiger partial charge in [-0.1, -0.05) is 42.5 Å². The third kappa shape index (κ3) is 2.48. The summed E-state index contributed by atoms with van der Waals surface area (Å²) >= 11 is 0. The van der Waals surface area contributed by atoms with Gasteiger partial charge in [0.1, 0.15) is 0 Å². The van der Waals surface area contributed by atoms with Gasteiger partial charge in [-0.15, -0.1) is 0 Å². The Morgan fingerprint density at radius 2 is 1.95 bits per heavy atom. The minimum Gasteiger partial charge on any atom is -0.294 e. The second-order valence-corrected chi connectivity index (χ2v) is 4.97. The van der Waals surface area contributed by atoms with Crippen LogP contribution in [0, 0.1) is 0 Å². The largest absolute Gasteiger partial charge is 0.294 e. The van der Waals surface area contributed by atoms with E-state index in [1.165, 1.54) is 0 Å². The first-order valence-corrected chi connectivity index (χ1v) is 6.72. The van der Waals surface area contributed by atoms with Crippen LogP contribution in [0.25, 0.3) is 10.8 Å². The molecule has 3 nitrogen and oxygen atoms in total. The van der Waals surface area contributed by atoms with E-state index in [2.05, 4.69) is 5.10 Å². The summed E-state index contributed by atoms with van der Waals surface area (Å²) in [7, 11) is 1.88. The Morgan fingerprint density at radius 1 is 1.15 bits per heavy atom. The minimum atomic E-state index is 0.186. The van der Waals surface area contributed by atoms with Gasteiger partial charge in [-0.05, 0) is 22.8 Å². The summed E-state index contributed by atoms with van der Waals surface area (Å²) < 4.78 is 1.76. The Hall–Kier alpha value is -2.42. The van der Waals surface area contributed by atoms with Crippen molar-refractivity contribution in [2.45, 2.75) is 12.8 Å². The quantitative estimate of drug-likeness (QED) is 0.677. The van der Waals surface area contributed by atoms with Crippen LogP contribution in [0.2, 0.25) is 0 Å². The Morgan fingerprint density at radius 3 is 2.75 bits per heavy atom. The molecule has 1 heterocycles. The lowest BCUT2D eigenvalue weighted by Crippen LogP contribution is -2.01. The summed E-state index contributed by atoms with van der Waals surface area (Å²) in [6.45, 7) is 0. The van der Waals surface area contributed by atoms with Crippen LogP contribution in [0.3, 0.4) is 0 Å². The molecule has 0 radical (unpaired) electrons. The number of hydrogen-bond donors (Lipinski definition) is 0. The monoisotopic (exact) mass is 264 g/mol. The average molecular weight is 264 g/mol. The minimum absolute atomic E-state index is 0.186. The highest BCUT2D eigenvalue weighted by molar-refractivity contribution is 6.08. The van der Waals surface area contributed by atoms with Crippen molar-refractivity contribution in [2.75, 3.05) is 0 Å². The van der Waals surface area contributed by atoms with Crippen LogP contribution in [0.4, 0.5) is 0 Å². The zero-order valence-corrected chi connectivity index (χ0v) is 11.4. The van der Waals surface area contributed by atoms with Crippen molar-refractivity contribution >= 4 is 16.6 Å². The van der Waals surface area contributed by atoms with Gasteiger partial charge in [-0.25, -0.2) is 0 Å². The molecular formula is C17H16N2O. The highest BCUT2D eigenvalue weighted by atomic mass is 16.1. The number of carbonyl (C=O) groups is 1. The Bertz CT molecular complexity index is 753. The molecule has 0 atom stereocenters.